The lowest BCUT2D eigenvalue weighted by atomic mass is 9.96. The van der Waals surface area contributed by atoms with E-state index in [0.717, 1.165) is 12.1 Å². The van der Waals surface area contributed by atoms with Crippen LogP contribution in [0.25, 0.3) is 0 Å². The second kappa shape index (κ2) is 8.70. The van der Waals surface area contributed by atoms with Crippen molar-refractivity contribution in [2.75, 3.05) is 5.32 Å². The molecule has 0 bridgehead atoms. The highest BCUT2D eigenvalue weighted by atomic mass is 35.5. The summed E-state index contributed by atoms with van der Waals surface area (Å²) in [6.45, 7) is 6.53. The molecule has 2 atom stereocenters. The van der Waals surface area contributed by atoms with Crippen LogP contribution < -0.4 is 10.6 Å². The summed E-state index contributed by atoms with van der Waals surface area (Å²) in [5, 5.41) is 7.98. The summed E-state index contributed by atoms with van der Waals surface area (Å²) in [6, 6.07) is 14.1. The number of halogens is 2. The van der Waals surface area contributed by atoms with E-state index in [1.807, 2.05) is 6.07 Å². The summed E-state index contributed by atoms with van der Waals surface area (Å²) in [4.78, 5) is 0. The van der Waals surface area contributed by atoms with Gasteiger partial charge in [0.15, 0.2) is 5.11 Å². The van der Waals surface area contributed by atoms with Crippen LogP contribution in [0.3, 0.4) is 0 Å². The van der Waals surface area contributed by atoms with E-state index < -0.39 is 0 Å². The minimum absolute atomic E-state index is 0.110. The van der Waals surface area contributed by atoms with Gasteiger partial charge in [0.05, 0.1) is 16.1 Å². The average Bonchev–Trinajstić information content (AvgIpc) is 2.57. The van der Waals surface area contributed by atoms with E-state index >= 15 is 0 Å². The van der Waals surface area contributed by atoms with Crippen molar-refractivity contribution in [3.05, 3.63) is 63.6 Å². The molecular formula is C19H22Cl2N2S. The third-order valence-electron chi connectivity index (χ3n) is 4.14. The first-order chi connectivity index (χ1) is 11.4. The first-order valence-corrected chi connectivity index (χ1v) is 9.19. The number of benzene rings is 2. The van der Waals surface area contributed by atoms with E-state index in [-0.39, 0.29) is 6.04 Å². The lowest BCUT2D eigenvalue weighted by Gasteiger charge is -2.18. The number of anilines is 1. The lowest BCUT2D eigenvalue weighted by molar-refractivity contribution is 0.713. The first-order valence-electron chi connectivity index (χ1n) is 8.03. The zero-order chi connectivity index (χ0) is 17.7. The molecule has 24 heavy (non-hydrogen) atoms. The minimum atomic E-state index is 0.110. The molecule has 0 aromatic heterocycles. The van der Waals surface area contributed by atoms with Crippen molar-refractivity contribution in [1.82, 2.24) is 5.32 Å². The van der Waals surface area contributed by atoms with Crippen molar-refractivity contribution in [2.45, 2.75) is 39.2 Å². The highest BCUT2D eigenvalue weighted by molar-refractivity contribution is 7.80. The molecule has 0 spiro atoms. The van der Waals surface area contributed by atoms with E-state index in [2.05, 4.69) is 55.7 Å². The summed E-state index contributed by atoms with van der Waals surface area (Å²) in [5.74, 6) is 0.583. The zero-order valence-corrected chi connectivity index (χ0v) is 16.4. The smallest absolute Gasteiger partial charge is 0.171 e. The zero-order valence-electron chi connectivity index (χ0n) is 14.1. The number of rotatable bonds is 5. The quantitative estimate of drug-likeness (QED) is 0.574. The number of nitrogens with one attached hydrogen (secondary N) is 2. The molecule has 2 aromatic rings. The fourth-order valence-electron chi connectivity index (χ4n) is 2.37. The van der Waals surface area contributed by atoms with E-state index in [1.54, 1.807) is 12.1 Å². The first kappa shape index (κ1) is 19.0. The summed E-state index contributed by atoms with van der Waals surface area (Å²) in [6.07, 6.45) is 1.14. The van der Waals surface area contributed by atoms with Crippen LogP contribution in [0.2, 0.25) is 10.0 Å². The molecule has 128 valence electrons. The Bertz CT molecular complexity index is 701. The van der Waals surface area contributed by atoms with Gasteiger partial charge in [-0.15, -0.1) is 0 Å². The van der Waals surface area contributed by atoms with Gasteiger partial charge < -0.3 is 10.6 Å². The second-order valence-corrected chi connectivity index (χ2v) is 7.15. The van der Waals surface area contributed by atoms with Gasteiger partial charge >= 0.3 is 0 Å². The number of hydrogen-bond donors (Lipinski definition) is 2. The maximum Gasteiger partial charge on any atom is 0.171 e. The van der Waals surface area contributed by atoms with Gasteiger partial charge in [-0.05, 0) is 60.8 Å². The van der Waals surface area contributed by atoms with Crippen molar-refractivity contribution in [2.24, 2.45) is 0 Å². The summed E-state index contributed by atoms with van der Waals surface area (Å²) < 4.78 is 0. The van der Waals surface area contributed by atoms with Crippen molar-refractivity contribution in [3.63, 3.8) is 0 Å². The molecule has 0 radical (unpaired) electrons. The van der Waals surface area contributed by atoms with Crippen LogP contribution in [0.1, 0.15) is 50.3 Å². The molecule has 0 aliphatic heterocycles. The van der Waals surface area contributed by atoms with Crippen molar-refractivity contribution in [3.8, 4) is 0 Å². The molecule has 2 N–H and O–H groups in total. The predicted octanol–water partition coefficient (Wildman–Crippen LogP) is 6.55. The molecule has 2 aromatic carbocycles. The average molecular weight is 381 g/mol. The molecule has 0 amide bonds. The SMILES string of the molecule is CCC(C)c1ccc(C(C)NC(=S)Nc2ccc(Cl)c(Cl)c2)cc1. The van der Waals surface area contributed by atoms with Gasteiger partial charge in [0.2, 0.25) is 0 Å². The van der Waals surface area contributed by atoms with Gasteiger partial charge in [0.25, 0.3) is 0 Å². The number of thiocarbonyl (C=S) groups is 1. The molecule has 0 heterocycles. The van der Waals surface area contributed by atoms with Gasteiger partial charge in [0.1, 0.15) is 0 Å². The summed E-state index contributed by atoms with van der Waals surface area (Å²) >= 11 is 17.3. The maximum absolute atomic E-state index is 6.02. The largest absolute Gasteiger partial charge is 0.356 e. The molecule has 2 rings (SSSR count). The highest BCUT2D eigenvalue weighted by Crippen LogP contribution is 2.25. The van der Waals surface area contributed by atoms with Crippen molar-refractivity contribution in [1.29, 1.82) is 0 Å². The molecule has 2 nitrogen and oxygen atoms in total. The van der Waals surface area contributed by atoms with E-state index in [1.165, 1.54) is 11.1 Å². The molecule has 0 saturated carbocycles. The Labute approximate surface area is 159 Å². The lowest BCUT2D eigenvalue weighted by Crippen LogP contribution is -2.30. The van der Waals surface area contributed by atoms with Crippen molar-refractivity contribution >= 4 is 46.2 Å². The van der Waals surface area contributed by atoms with Crippen LogP contribution in [-0.4, -0.2) is 5.11 Å². The van der Waals surface area contributed by atoms with E-state index in [9.17, 15) is 0 Å². The van der Waals surface area contributed by atoms with Gasteiger partial charge in [-0.3, -0.25) is 0 Å². The fourth-order valence-corrected chi connectivity index (χ4v) is 2.96. The van der Waals surface area contributed by atoms with Crippen LogP contribution in [-0.2, 0) is 0 Å². The molecular weight excluding hydrogens is 359 g/mol. The standard InChI is InChI=1S/C19H22Cl2N2S/c1-4-12(2)14-5-7-15(8-6-14)13(3)22-19(24)23-16-9-10-17(20)18(21)11-16/h5-13H,4H2,1-3H3,(H2,22,23,24). The minimum Gasteiger partial charge on any atom is -0.356 e. The number of hydrogen-bond acceptors (Lipinski definition) is 1. The van der Waals surface area contributed by atoms with Crippen LogP contribution in [0.5, 0.6) is 0 Å². The Balaban J connectivity index is 1.96. The second-order valence-electron chi connectivity index (χ2n) is 5.93. The molecule has 0 saturated heterocycles. The van der Waals surface area contributed by atoms with E-state index in [4.69, 9.17) is 35.4 Å². The highest BCUT2D eigenvalue weighted by Gasteiger charge is 2.09. The Kier molecular flexibility index (Phi) is 6.90. The van der Waals surface area contributed by atoms with Crippen LogP contribution >= 0.6 is 35.4 Å². The monoisotopic (exact) mass is 380 g/mol. The molecule has 0 aliphatic rings. The van der Waals surface area contributed by atoms with Gasteiger partial charge in [-0.1, -0.05) is 61.3 Å². The van der Waals surface area contributed by atoms with Crippen LogP contribution in [0.4, 0.5) is 5.69 Å². The van der Waals surface area contributed by atoms with Gasteiger partial charge in [-0.25, -0.2) is 0 Å². The molecule has 5 heteroatoms. The maximum atomic E-state index is 6.02. The molecule has 2 unspecified atom stereocenters. The predicted molar refractivity (Wildman–Crippen MR) is 109 cm³/mol. The van der Waals surface area contributed by atoms with Gasteiger partial charge in [0, 0.05) is 5.69 Å². The van der Waals surface area contributed by atoms with Crippen molar-refractivity contribution < 1.29 is 0 Å². The normalized spacial score (nSPS) is 13.2. The third-order valence-corrected chi connectivity index (χ3v) is 5.10. The Morgan fingerprint density at radius 2 is 1.62 bits per heavy atom. The fraction of sp³-hybridized carbons (Fsp3) is 0.316. The Morgan fingerprint density at radius 3 is 2.21 bits per heavy atom. The van der Waals surface area contributed by atoms with Crippen LogP contribution in [0.15, 0.2) is 42.5 Å². The Hall–Kier alpha value is -1.29. The molecule has 0 fully saturated rings. The summed E-state index contributed by atoms with van der Waals surface area (Å²) in [7, 11) is 0. The van der Waals surface area contributed by atoms with Gasteiger partial charge in [-0.2, -0.15) is 0 Å². The third kappa shape index (κ3) is 5.10. The van der Waals surface area contributed by atoms with E-state index in [0.29, 0.717) is 21.1 Å². The molecule has 0 aliphatic carbocycles. The Morgan fingerprint density at radius 1 is 1.00 bits per heavy atom. The van der Waals surface area contributed by atoms with Crippen LogP contribution in [0, 0.1) is 0 Å². The summed E-state index contributed by atoms with van der Waals surface area (Å²) in [5.41, 5.74) is 3.37. The topological polar surface area (TPSA) is 24.1 Å².